The number of aryl methyl sites for hydroxylation is 2. The summed E-state index contributed by atoms with van der Waals surface area (Å²) in [6, 6.07) is 1.82. The molecule has 2 heterocycles. The Morgan fingerprint density at radius 2 is 2.17 bits per heavy atom. The number of ketones is 1. The van der Waals surface area contributed by atoms with Gasteiger partial charge in [-0.15, -0.1) is 0 Å². The molecule has 18 heavy (non-hydrogen) atoms. The number of Topliss-reactive ketones (excluding diaryl/α,β-unsaturated/α-hetero) is 1. The van der Waals surface area contributed by atoms with Crippen LogP contribution in [-0.4, -0.2) is 20.5 Å². The third kappa shape index (κ3) is 3.26. The fraction of sp³-hybridized carbons (Fsp3) is 0.250. The van der Waals surface area contributed by atoms with Crippen LogP contribution in [0.15, 0.2) is 33.6 Å². The smallest absolute Gasteiger partial charge is 0.182 e. The minimum atomic E-state index is 0.0261. The molecule has 0 bridgehead atoms. The summed E-state index contributed by atoms with van der Waals surface area (Å²) in [6.45, 7) is 0. The summed E-state index contributed by atoms with van der Waals surface area (Å²) >= 11 is 6.66. The van der Waals surface area contributed by atoms with Crippen molar-refractivity contribution in [1.82, 2.24) is 14.8 Å². The summed E-state index contributed by atoms with van der Waals surface area (Å²) in [5.41, 5.74) is 1.53. The highest BCUT2D eigenvalue weighted by atomic mass is 79.9. The molecule has 0 aliphatic rings. The maximum absolute atomic E-state index is 12.0. The number of carbonyl (C=O) groups is 1. The highest BCUT2D eigenvalue weighted by Gasteiger charge is 2.12. The molecule has 0 atom stereocenters. The van der Waals surface area contributed by atoms with Crippen molar-refractivity contribution < 1.29 is 4.79 Å². The zero-order valence-corrected chi connectivity index (χ0v) is 12.9. The molecule has 94 valence electrons. The summed E-state index contributed by atoms with van der Waals surface area (Å²) in [5, 5.41) is 4.07. The summed E-state index contributed by atoms with van der Waals surface area (Å²) in [4.78, 5) is 16.2. The largest absolute Gasteiger partial charge is 0.292 e. The van der Waals surface area contributed by atoms with E-state index in [9.17, 15) is 4.79 Å². The van der Waals surface area contributed by atoms with E-state index in [2.05, 4.69) is 41.9 Å². The van der Waals surface area contributed by atoms with Gasteiger partial charge in [0, 0.05) is 34.8 Å². The van der Waals surface area contributed by atoms with E-state index in [-0.39, 0.29) is 5.78 Å². The number of aromatic nitrogens is 3. The van der Waals surface area contributed by atoms with E-state index in [4.69, 9.17) is 0 Å². The zero-order valence-electron chi connectivity index (χ0n) is 9.73. The fourth-order valence-electron chi connectivity index (χ4n) is 1.60. The van der Waals surface area contributed by atoms with Crippen LogP contribution in [0.5, 0.6) is 0 Å². The first kappa shape index (κ1) is 13.4. The molecule has 2 rings (SSSR count). The molecule has 0 aliphatic heterocycles. The SMILES string of the molecule is Cn1cc(CCC(=O)c2ncc(Br)cc2Br)cn1. The van der Waals surface area contributed by atoms with Crippen LogP contribution < -0.4 is 0 Å². The Labute approximate surface area is 122 Å². The predicted molar refractivity (Wildman–Crippen MR) is 75.5 cm³/mol. The molecule has 0 fully saturated rings. The Kier molecular flexibility index (Phi) is 4.29. The van der Waals surface area contributed by atoms with Crippen LogP contribution in [0.2, 0.25) is 0 Å². The van der Waals surface area contributed by atoms with E-state index in [1.165, 1.54) is 0 Å². The van der Waals surface area contributed by atoms with Gasteiger partial charge >= 0.3 is 0 Å². The highest BCUT2D eigenvalue weighted by molar-refractivity contribution is 9.11. The second kappa shape index (κ2) is 5.75. The average Bonchev–Trinajstić information content (AvgIpc) is 2.72. The van der Waals surface area contributed by atoms with Gasteiger partial charge in [-0.25, -0.2) is 0 Å². The molecule has 0 radical (unpaired) electrons. The lowest BCUT2D eigenvalue weighted by molar-refractivity contribution is 0.0977. The molecule has 0 unspecified atom stereocenters. The number of carbonyl (C=O) groups excluding carboxylic acids is 1. The van der Waals surface area contributed by atoms with Crippen molar-refractivity contribution in [1.29, 1.82) is 0 Å². The van der Waals surface area contributed by atoms with Gasteiger partial charge in [-0.1, -0.05) is 0 Å². The number of hydrogen-bond acceptors (Lipinski definition) is 3. The second-order valence-electron chi connectivity index (χ2n) is 3.93. The van der Waals surface area contributed by atoms with Crippen LogP contribution in [-0.2, 0) is 13.5 Å². The third-order valence-electron chi connectivity index (χ3n) is 2.47. The number of halogens is 2. The van der Waals surface area contributed by atoms with Gasteiger partial charge in [-0.3, -0.25) is 14.5 Å². The predicted octanol–water partition coefficient (Wildman–Crippen LogP) is 3.16. The first-order valence-electron chi connectivity index (χ1n) is 5.38. The quantitative estimate of drug-likeness (QED) is 0.774. The van der Waals surface area contributed by atoms with Crippen LogP contribution in [0.4, 0.5) is 0 Å². The Bertz CT molecular complexity index is 580. The van der Waals surface area contributed by atoms with Crippen molar-refractivity contribution in [3.05, 3.63) is 44.9 Å². The molecule has 2 aromatic rings. The molecule has 4 nitrogen and oxygen atoms in total. The number of nitrogens with zero attached hydrogens (tertiary/aromatic N) is 3. The van der Waals surface area contributed by atoms with E-state index in [1.807, 2.05) is 19.3 Å². The van der Waals surface area contributed by atoms with Gasteiger partial charge < -0.3 is 0 Å². The number of hydrogen-bond donors (Lipinski definition) is 0. The molecular formula is C12H11Br2N3O. The van der Waals surface area contributed by atoms with Crippen LogP contribution in [0, 0.1) is 0 Å². The van der Waals surface area contributed by atoms with Crippen molar-refractivity contribution in [2.75, 3.05) is 0 Å². The van der Waals surface area contributed by atoms with Crippen LogP contribution >= 0.6 is 31.9 Å². The Morgan fingerprint density at radius 3 is 2.78 bits per heavy atom. The van der Waals surface area contributed by atoms with Crippen LogP contribution in [0.25, 0.3) is 0 Å². The van der Waals surface area contributed by atoms with Gasteiger partial charge in [-0.2, -0.15) is 5.10 Å². The summed E-state index contributed by atoms with van der Waals surface area (Å²) in [5.74, 6) is 0.0261. The van der Waals surface area contributed by atoms with Gasteiger partial charge in [0.15, 0.2) is 5.78 Å². The molecule has 0 amide bonds. The maximum Gasteiger partial charge on any atom is 0.182 e. The zero-order chi connectivity index (χ0) is 13.1. The summed E-state index contributed by atoms with van der Waals surface area (Å²) in [6.07, 6.45) is 6.42. The van der Waals surface area contributed by atoms with Crippen LogP contribution in [0.3, 0.4) is 0 Å². The minimum Gasteiger partial charge on any atom is -0.292 e. The number of rotatable bonds is 4. The normalized spacial score (nSPS) is 10.6. The fourth-order valence-corrected chi connectivity index (χ4v) is 2.81. The van der Waals surface area contributed by atoms with Crippen molar-refractivity contribution >= 4 is 37.6 Å². The summed E-state index contributed by atoms with van der Waals surface area (Å²) in [7, 11) is 1.86. The Hall–Kier alpha value is -1.01. The monoisotopic (exact) mass is 371 g/mol. The first-order valence-corrected chi connectivity index (χ1v) is 6.96. The molecule has 0 saturated heterocycles. The second-order valence-corrected chi connectivity index (χ2v) is 5.70. The molecule has 0 saturated carbocycles. The number of pyridine rings is 1. The maximum atomic E-state index is 12.0. The topological polar surface area (TPSA) is 47.8 Å². The van der Waals surface area contributed by atoms with Crippen LogP contribution in [0.1, 0.15) is 22.5 Å². The van der Waals surface area contributed by atoms with Crippen molar-refractivity contribution in [2.24, 2.45) is 7.05 Å². The molecule has 0 N–H and O–H groups in total. The molecule has 0 spiro atoms. The van der Waals surface area contributed by atoms with Gasteiger partial charge in [0.1, 0.15) is 5.69 Å². The van der Waals surface area contributed by atoms with Gasteiger partial charge in [-0.05, 0) is 49.9 Å². The standard InChI is InChI=1S/C12H11Br2N3O/c1-17-7-8(5-16-17)2-3-11(18)12-10(14)4-9(13)6-15-12/h4-7H,2-3H2,1H3. The third-order valence-corrected chi connectivity index (χ3v) is 3.51. The van der Waals surface area contributed by atoms with Crippen molar-refractivity contribution in [3.63, 3.8) is 0 Å². The van der Waals surface area contributed by atoms with Crippen molar-refractivity contribution in [2.45, 2.75) is 12.8 Å². The Morgan fingerprint density at radius 1 is 1.39 bits per heavy atom. The molecule has 0 aliphatic carbocycles. The molecule has 2 aromatic heterocycles. The van der Waals surface area contributed by atoms with E-state index in [0.29, 0.717) is 23.0 Å². The molecule has 6 heteroatoms. The van der Waals surface area contributed by atoms with Gasteiger partial charge in [0.05, 0.1) is 6.20 Å². The van der Waals surface area contributed by atoms with Gasteiger partial charge in [0.25, 0.3) is 0 Å². The van der Waals surface area contributed by atoms with E-state index >= 15 is 0 Å². The van der Waals surface area contributed by atoms with E-state index in [1.54, 1.807) is 17.1 Å². The lowest BCUT2D eigenvalue weighted by Gasteiger charge is -2.02. The first-order chi connectivity index (χ1) is 8.56. The Balaban J connectivity index is 2.03. The average molecular weight is 373 g/mol. The molecule has 0 aromatic carbocycles. The highest BCUT2D eigenvalue weighted by Crippen LogP contribution is 2.21. The van der Waals surface area contributed by atoms with E-state index in [0.717, 1.165) is 10.0 Å². The molecular weight excluding hydrogens is 362 g/mol. The van der Waals surface area contributed by atoms with E-state index < -0.39 is 0 Å². The lowest BCUT2D eigenvalue weighted by Crippen LogP contribution is -2.04. The lowest BCUT2D eigenvalue weighted by atomic mass is 10.1. The minimum absolute atomic E-state index is 0.0261. The van der Waals surface area contributed by atoms with Gasteiger partial charge in [0.2, 0.25) is 0 Å². The van der Waals surface area contributed by atoms with Crippen molar-refractivity contribution in [3.8, 4) is 0 Å². The summed E-state index contributed by atoms with van der Waals surface area (Å²) < 4.78 is 3.29.